The minimum absolute atomic E-state index is 0.0353. The SMILES string of the molecule is CCC(CC)(CC1OC(c2cc3ncc(C(F)(F)F)nc3[nH]c2=S)C(O)C1O)OP(=O)(O)C(C)(O)CC. The Balaban J connectivity index is 1.91. The maximum absolute atomic E-state index is 13.0. The van der Waals surface area contributed by atoms with Crippen LogP contribution in [0.5, 0.6) is 0 Å². The van der Waals surface area contributed by atoms with Gasteiger partial charge in [-0.15, -0.1) is 0 Å². The third kappa shape index (κ3) is 5.91. The summed E-state index contributed by atoms with van der Waals surface area (Å²) >= 11 is 5.26. The molecule has 0 spiro atoms. The molecule has 2 aromatic rings. The predicted octanol–water partition coefficient (Wildman–Crippen LogP) is 4.14. The summed E-state index contributed by atoms with van der Waals surface area (Å²) in [6, 6.07) is 1.33. The van der Waals surface area contributed by atoms with Crippen LogP contribution in [0.1, 0.15) is 70.7 Å². The summed E-state index contributed by atoms with van der Waals surface area (Å²) in [4.78, 5) is 20.4. The number of rotatable bonds is 9. The second-order valence-electron chi connectivity index (χ2n) is 9.39. The van der Waals surface area contributed by atoms with Gasteiger partial charge in [0.15, 0.2) is 16.7 Å². The fourth-order valence-electron chi connectivity index (χ4n) is 4.14. The molecule has 208 valence electrons. The van der Waals surface area contributed by atoms with Crippen molar-refractivity contribution >= 4 is 31.0 Å². The zero-order valence-electron chi connectivity index (χ0n) is 20.7. The first-order valence-corrected chi connectivity index (χ1v) is 13.7. The van der Waals surface area contributed by atoms with Crippen molar-refractivity contribution in [3.63, 3.8) is 0 Å². The van der Waals surface area contributed by atoms with Gasteiger partial charge in [0, 0.05) is 12.0 Å². The molecule has 3 rings (SSSR count). The van der Waals surface area contributed by atoms with Crippen molar-refractivity contribution in [3.05, 3.63) is 28.2 Å². The molecular formula is C22H31F3N3O7PS. The number of aliphatic hydroxyl groups is 3. The smallest absolute Gasteiger partial charge is 0.388 e. The van der Waals surface area contributed by atoms with E-state index in [-0.39, 0.29) is 47.1 Å². The number of aromatic nitrogens is 3. The van der Waals surface area contributed by atoms with Crippen LogP contribution >= 0.6 is 19.8 Å². The first-order chi connectivity index (χ1) is 17.0. The minimum atomic E-state index is -4.70. The van der Waals surface area contributed by atoms with Crippen LogP contribution in [0.25, 0.3) is 11.2 Å². The first-order valence-electron chi connectivity index (χ1n) is 11.8. The number of aliphatic hydroxyl groups excluding tert-OH is 2. The second-order valence-corrected chi connectivity index (χ2v) is 12.0. The number of fused-ring (bicyclic) bond motifs is 1. The normalized spacial score (nSPS) is 26.2. The molecule has 2 aromatic heterocycles. The number of aromatic amines is 1. The van der Waals surface area contributed by atoms with Crippen molar-refractivity contribution in [3.8, 4) is 0 Å². The fraction of sp³-hybridized carbons (Fsp3) is 0.682. The molecule has 5 N–H and O–H groups in total. The van der Waals surface area contributed by atoms with Crippen LogP contribution in [0.4, 0.5) is 13.2 Å². The first kappa shape index (κ1) is 30.0. The summed E-state index contributed by atoms with van der Waals surface area (Å²) in [6.45, 7) is 6.17. The predicted molar refractivity (Wildman–Crippen MR) is 129 cm³/mol. The number of halogens is 3. The molecule has 1 aliphatic heterocycles. The number of nitrogens with one attached hydrogen (secondary N) is 1. The fourth-order valence-corrected chi connectivity index (χ4v) is 5.87. The molecule has 6 unspecified atom stereocenters. The molecule has 1 fully saturated rings. The van der Waals surface area contributed by atoms with Gasteiger partial charge in [-0.05, 0) is 32.3 Å². The van der Waals surface area contributed by atoms with Crippen molar-refractivity contribution in [2.24, 2.45) is 0 Å². The zero-order valence-corrected chi connectivity index (χ0v) is 22.4. The lowest BCUT2D eigenvalue weighted by atomic mass is 9.88. The summed E-state index contributed by atoms with van der Waals surface area (Å²) in [5.41, 5.74) is -2.49. The van der Waals surface area contributed by atoms with Gasteiger partial charge in [-0.25, -0.2) is 4.98 Å². The van der Waals surface area contributed by atoms with Crippen LogP contribution in [-0.4, -0.2) is 64.4 Å². The molecule has 0 aromatic carbocycles. The van der Waals surface area contributed by atoms with Crippen LogP contribution in [0.2, 0.25) is 0 Å². The summed E-state index contributed by atoms with van der Waals surface area (Å²) < 4.78 is 63.3. The lowest BCUT2D eigenvalue weighted by Crippen LogP contribution is -2.41. The molecule has 15 heteroatoms. The van der Waals surface area contributed by atoms with Gasteiger partial charge in [0.2, 0.25) is 0 Å². The highest BCUT2D eigenvalue weighted by Gasteiger charge is 2.51. The number of pyridine rings is 1. The Hall–Kier alpha value is -1.51. The molecule has 1 saturated heterocycles. The molecule has 0 saturated carbocycles. The van der Waals surface area contributed by atoms with Crippen molar-refractivity contribution < 1.29 is 47.2 Å². The van der Waals surface area contributed by atoms with Crippen LogP contribution in [0.3, 0.4) is 0 Å². The van der Waals surface area contributed by atoms with E-state index in [1.54, 1.807) is 13.8 Å². The van der Waals surface area contributed by atoms with E-state index in [4.69, 9.17) is 21.5 Å². The average molecular weight is 570 g/mol. The third-order valence-electron chi connectivity index (χ3n) is 7.00. The Bertz CT molecular complexity index is 1240. The van der Waals surface area contributed by atoms with Crippen LogP contribution in [0.15, 0.2) is 12.3 Å². The van der Waals surface area contributed by atoms with E-state index >= 15 is 0 Å². The second kappa shape index (κ2) is 10.6. The van der Waals surface area contributed by atoms with Crippen LogP contribution < -0.4 is 0 Å². The average Bonchev–Trinajstić information content (AvgIpc) is 3.09. The maximum atomic E-state index is 13.0. The third-order valence-corrected chi connectivity index (χ3v) is 9.51. The Labute approximate surface area is 216 Å². The molecule has 1 aliphatic rings. The number of alkyl halides is 3. The number of ether oxygens (including phenoxy) is 1. The van der Waals surface area contributed by atoms with E-state index < -0.39 is 54.8 Å². The molecule has 0 amide bonds. The minimum Gasteiger partial charge on any atom is -0.388 e. The Morgan fingerprint density at radius 2 is 1.81 bits per heavy atom. The number of hydrogen-bond acceptors (Lipinski definition) is 9. The molecule has 37 heavy (non-hydrogen) atoms. The number of hydrogen-bond donors (Lipinski definition) is 5. The van der Waals surface area contributed by atoms with Gasteiger partial charge in [0.25, 0.3) is 0 Å². The Morgan fingerprint density at radius 1 is 1.19 bits per heavy atom. The molecule has 3 heterocycles. The summed E-state index contributed by atoms with van der Waals surface area (Å²) in [5, 5.41) is 29.9. The Morgan fingerprint density at radius 3 is 2.35 bits per heavy atom. The topological polar surface area (TPSA) is 158 Å². The van der Waals surface area contributed by atoms with E-state index in [0.717, 1.165) is 0 Å². The van der Waals surface area contributed by atoms with E-state index in [2.05, 4.69) is 15.0 Å². The largest absolute Gasteiger partial charge is 0.434 e. The van der Waals surface area contributed by atoms with E-state index in [1.165, 1.54) is 19.9 Å². The zero-order chi connectivity index (χ0) is 28.0. The summed E-state index contributed by atoms with van der Waals surface area (Å²) in [7, 11) is -4.53. The highest BCUT2D eigenvalue weighted by Crippen LogP contribution is 2.59. The van der Waals surface area contributed by atoms with Gasteiger partial charge < -0.3 is 29.9 Å². The van der Waals surface area contributed by atoms with E-state index in [0.29, 0.717) is 6.20 Å². The van der Waals surface area contributed by atoms with Crippen LogP contribution in [-0.2, 0) is 20.0 Å². The van der Waals surface area contributed by atoms with Crippen molar-refractivity contribution in [2.75, 3.05) is 0 Å². The Kier molecular flexibility index (Phi) is 8.58. The van der Waals surface area contributed by atoms with Crippen LogP contribution in [0, 0.1) is 4.64 Å². The molecule has 10 nitrogen and oxygen atoms in total. The standard InChI is InChI=1S/C22H31F3N3O7PS/c1-5-20(4,31)36(32,33)35-21(6-2,7-3)9-13-15(29)16(30)17(34-13)11-8-12-18(28-19(11)37)27-14(10-26-12)22(23,24)25/h8,10,13,15-17,29-31H,5-7,9H2,1-4H3,(H,32,33)(H,27,28,37). The van der Waals surface area contributed by atoms with E-state index in [9.17, 15) is 37.9 Å². The lowest BCUT2D eigenvalue weighted by Gasteiger charge is -2.39. The van der Waals surface area contributed by atoms with Gasteiger partial charge in [0.1, 0.15) is 28.5 Å². The summed E-state index contributed by atoms with van der Waals surface area (Å²) in [6.07, 6.45) is -8.97. The molecule has 0 aliphatic carbocycles. The van der Waals surface area contributed by atoms with Gasteiger partial charge in [0.05, 0.1) is 17.9 Å². The van der Waals surface area contributed by atoms with Crippen molar-refractivity contribution in [2.45, 2.75) is 94.9 Å². The highest BCUT2D eigenvalue weighted by atomic mass is 32.1. The van der Waals surface area contributed by atoms with Gasteiger partial charge in [-0.2, -0.15) is 13.2 Å². The van der Waals surface area contributed by atoms with Crippen molar-refractivity contribution in [1.29, 1.82) is 0 Å². The van der Waals surface area contributed by atoms with Gasteiger partial charge in [-0.1, -0.05) is 33.0 Å². The lowest BCUT2D eigenvalue weighted by molar-refractivity contribution is -0.141. The highest BCUT2D eigenvalue weighted by molar-refractivity contribution is 7.71. The summed E-state index contributed by atoms with van der Waals surface area (Å²) in [5.74, 6) is 0. The molecule has 0 radical (unpaired) electrons. The number of nitrogens with zero attached hydrogens (tertiary/aromatic N) is 2. The van der Waals surface area contributed by atoms with Crippen molar-refractivity contribution in [1.82, 2.24) is 15.0 Å². The van der Waals surface area contributed by atoms with E-state index in [1.807, 2.05) is 0 Å². The number of H-pyrrole nitrogens is 1. The van der Waals surface area contributed by atoms with Gasteiger partial charge >= 0.3 is 13.8 Å². The molecule has 6 atom stereocenters. The quantitative estimate of drug-likeness (QED) is 0.220. The molecule has 0 bridgehead atoms. The molecular weight excluding hydrogens is 538 g/mol. The van der Waals surface area contributed by atoms with Gasteiger partial charge in [-0.3, -0.25) is 14.1 Å². The monoisotopic (exact) mass is 569 g/mol. The maximum Gasteiger partial charge on any atom is 0.434 e.